The highest BCUT2D eigenvalue weighted by atomic mass is 16.5. The van der Waals surface area contributed by atoms with Crippen molar-refractivity contribution in [2.24, 2.45) is 35.5 Å². The lowest BCUT2D eigenvalue weighted by atomic mass is 9.48. The first kappa shape index (κ1) is 27.4. The maximum Gasteiger partial charge on any atom is 0.134 e. The first-order chi connectivity index (χ1) is 21.2. The molecule has 0 spiro atoms. The second kappa shape index (κ2) is 9.54. The minimum absolute atomic E-state index is 0.103. The molecule has 230 valence electrons. The van der Waals surface area contributed by atoms with E-state index in [1.807, 2.05) is 0 Å². The van der Waals surface area contributed by atoms with E-state index >= 15 is 0 Å². The van der Waals surface area contributed by atoms with Gasteiger partial charge in [-0.15, -0.1) is 0 Å². The number of aromatic hydroxyl groups is 2. The molecule has 8 saturated carbocycles. The molecule has 8 aliphatic carbocycles. The molecule has 0 saturated heterocycles. The van der Waals surface area contributed by atoms with E-state index in [1.54, 1.807) is 7.11 Å². The molecule has 0 radical (unpaired) electrons. The fraction of sp³-hybridized carbons (Fsp3) is 0.561. The van der Waals surface area contributed by atoms with Crippen molar-refractivity contribution in [3.05, 3.63) is 64.7 Å². The number of phenolic OH excluding ortho intramolecular Hbond substituents is 2. The molecular formula is C41H48O3. The molecule has 3 aromatic carbocycles. The first-order valence-electron chi connectivity index (χ1n) is 17.6. The summed E-state index contributed by atoms with van der Waals surface area (Å²) in [7, 11) is 1.74. The van der Waals surface area contributed by atoms with E-state index in [0.29, 0.717) is 11.5 Å². The lowest BCUT2D eigenvalue weighted by Gasteiger charge is -2.57. The summed E-state index contributed by atoms with van der Waals surface area (Å²) in [6, 6.07) is 15.1. The molecule has 0 aromatic heterocycles. The number of hydrogen-bond donors (Lipinski definition) is 2. The van der Waals surface area contributed by atoms with Crippen LogP contribution in [0.4, 0.5) is 0 Å². The smallest absolute Gasteiger partial charge is 0.134 e. The summed E-state index contributed by atoms with van der Waals surface area (Å²) >= 11 is 0. The van der Waals surface area contributed by atoms with E-state index < -0.39 is 0 Å². The number of rotatable bonds is 5. The second-order valence-electron chi connectivity index (χ2n) is 16.7. The molecule has 0 heterocycles. The van der Waals surface area contributed by atoms with Crippen molar-refractivity contribution in [3.63, 3.8) is 0 Å². The molecule has 3 aromatic rings. The SMILES string of the molecule is COc1c(-c2cc(C)cc(C34CC5CC(CC(C5)C3)C4)c2O)cccc1-c1cc(C)cc(C23CC4CC(CC(C4)C2)C3)c1O. The molecule has 0 aliphatic heterocycles. The average Bonchev–Trinajstić information content (AvgIpc) is 2.97. The van der Waals surface area contributed by atoms with Gasteiger partial charge in [-0.3, -0.25) is 0 Å². The van der Waals surface area contributed by atoms with Gasteiger partial charge < -0.3 is 14.9 Å². The fourth-order valence-electron chi connectivity index (χ4n) is 12.8. The van der Waals surface area contributed by atoms with Gasteiger partial charge in [-0.05, 0) is 160 Å². The highest BCUT2D eigenvalue weighted by Gasteiger charge is 2.54. The zero-order valence-corrected chi connectivity index (χ0v) is 26.8. The van der Waals surface area contributed by atoms with Crippen molar-refractivity contribution in [2.75, 3.05) is 7.11 Å². The zero-order valence-electron chi connectivity index (χ0n) is 26.8. The van der Waals surface area contributed by atoms with Crippen molar-refractivity contribution < 1.29 is 14.9 Å². The molecule has 2 N–H and O–H groups in total. The highest BCUT2D eigenvalue weighted by Crippen LogP contribution is 2.64. The average molecular weight is 589 g/mol. The van der Waals surface area contributed by atoms with Gasteiger partial charge in [-0.25, -0.2) is 0 Å². The van der Waals surface area contributed by atoms with Gasteiger partial charge >= 0.3 is 0 Å². The van der Waals surface area contributed by atoms with Crippen LogP contribution in [-0.2, 0) is 10.8 Å². The predicted octanol–water partition coefficient (Wildman–Crippen LogP) is 9.99. The summed E-state index contributed by atoms with van der Waals surface area (Å²) < 4.78 is 6.23. The van der Waals surface area contributed by atoms with E-state index in [0.717, 1.165) is 63.5 Å². The van der Waals surface area contributed by atoms with Gasteiger partial charge in [-0.1, -0.05) is 30.3 Å². The number of benzene rings is 3. The molecule has 0 atom stereocenters. The highest BCUT2D eigenvalue weighted by molar-refractivity contribution is 5.88. The van der Waals surface area contributed by atoms with E-state index in [1.165, 1.54) is 99.3 Å². The van der Waals surface area contributed by atoms with Crippen LogP contribution in [-0.4, -0.2) is 17.3 Å². The normalized spacial score (nSPS) is 36.2. The van der Waals surface area contributed by atoms with Crippen LogP contribution < -0.4 is 4.74 Å². The third-order valence-electron chi connectivity index (χ3n) is 13.5. The van der Waals surface area contributed by atoms with Crippen LogP contribution in [0.2, 0.25) is 0 Å². The van der Waals surface area contributed by atoms with Gasteiger partial charge in [0.2, 0.25) is 0 Å². The third kappa shape index (κ3) is 3.99. The summed E-state index contributed by atoms with van der Waals surface area (Å²) in [6.07, 6.45) is 15.6. The summed E-state index contributed by atoms with van der Waals surface area (Å²) in [6.45, 7) is 4.35. The maximum atomic E-state index is 12.1. The molecule has 8 aliphatic rings. The summed E-state index contributed by atoms with van der Waals surface area (Å²) in [5.74, 6) is 6.51. The minimum Gasteiger partial charge on any atom is -0.507 e. The van der Waals surface area contributed by atoms with E-state index in [2.05, 4.69) is 56.3 Å². The van der Waals surface area contributed by atoms with Crippen LogP contribution in [0.1, 0.15) is 99.3 Å². The van der Waals surface area contributed by atoms with E-state index in [4.69, 9.17) is 4.74 Å². The molecule has 0 unspecified atom stereocenters. The largest absolute Gasteiger partial charge is 0.507 e. The van der Waals surface area contributed by atoms with Crippen LogP contribution in [0.15, 0.2) is 42.5 Å². The molecule has 44 heavy (non-hydrogen) atoms. The molecule has 8 fully saturated rings. The summed E-state index contributed by atoms with van der Waals surface area (Å²) in [4.78, 5) is 0. The standard InChI is InChI=1S/C41H48O3/c1-23-7-33(37(42)35(9-23)40-17-25-11-26(18-40)13-27(12-25)19-40)31-5-4-6-32(39(31)44-3)34-8-24(2)10-36(38(34)43)41-20-28-14-29(21-41)16-30(15-28)22-41/h4-10,25-30,42-43H,11-22H2,1-3H3. The Bertz CT molecular complexity index is 1470. The number of hydrogen-bond acceptors (Lipinski definition) is 3. The van der Waals surface area contributed by atoms with Gasteiger partial charge in [0.15, 0.2) is 0 Å². The summed E-state index contributed by atoms with van der Waals surface area (Å²) in [5, 5.41) is 24.3. The van der Waals surface area contributed by atoms with Gasteiger partial charge in [-0.2, -0.15) is 0 Å². The third-order valence-corrected chi connectivity index (χ3v) is 13.5. The Morgan fingerprint density at radius 3 is 1.20 bits per heavy atom. The van der Waals surface area contributed by atoms with Crippen LogP contribution in [0.5, 0.6) is 17.2 Å². The zero-order chi connectivity index (χ0) is 30.0. The van der Waals surface area contributed by atoms with Crippen LogP contribution in [0.25, 0.3) is 22.3 Å². The van der Waals surface area contributed by atoms with E-state index in [9.17, 15) is 10.2 Å². The number of para-hydroxylation sites is 1. The fourth-order valence-corrected chi connectivity index (χ4v) is 12.8. The molecule has 11 rings (SSSR count). The predicted molar refractivity (Wildman–Crippen MR) is 176 cm³/mol. The van der Waals surface area contributed by atoms with Crippen LogP contribution in [0, 0.1) is 49.4 Å². The summed E-state index contributed by atoms with van der Waals surface area (Å²) in [5.41, 5.74) is 8.48. The molecular weight excluding hydrogens is 540 g/mol. The molecule has 8 bridgehead atoms. The number of aryl methyl sites for hydroxylation is 2. The minimum atomic E-state index is 0.103. The topological polar surface area (TPSA) is 49.7 Å². The molecule has 3 nitrogen and oxygen atoms in total. The first-order valence-corrected chi connectivity index (χ1v) is 17.6. The van der Waals surface area contributed by atoms with Crippen LogP contribution >= 0.6 is 0 Å². The van der Waals surface area contributed by atoms with Crippen LogP contribution in [0.3, 0.4) is 0 Å². The maximum absolute atomic E-state index is 12.1. The number of phenols is 2. The molecule has 3 heteroatoms. The molecule has 0 amide bonds. The Hall–Kier alpha value is -2.94. The van der Waals surface area contributed by atoms with Gasteiger partial charge in [0.05, 0.1) is 7.11 Å². The van der Waals surface area contributed by atoms with Crippen molar-refractivity contribution in [2.45, 2.75) is 102 Å². The van der Waals surface area contributed by atoms with E-state index in [-0.39, 0.29) is 10.8 Å². The van der Waals surface area contributed by atoms with Crippen molar-refractivity contribution in [1.29, 1.82) is 0 Å². The lowest BCUT2D eigenvalue weighted by Crippen LogP contribution is -2.48. The Morgan fingerprint density at radius 1 is 0.545 bits per heavy atom. The number of methoxy groups -OCH3 is 1. The second-order valence-corrected chi connectivity index (χ2v) is 16.7. The van der Waals surface area contributed by atoms with Crippen molar-refractivity contribution in [1.82, 2.24) is 0 Å². The Kier molecular flexibility index (Phi) is 5.93. The van der Waals surface area contributed by atoms with Gasteiger partial charge in [0, 0.05) is 33.4 Å². The number of ether oxygens (including phenoxy) is 1. The Morgan fingerprint density at radius 2 is 0.886 bits per heavy atom. The lowest BCUT2D eigenvalue weighted by molar-refractivity contribution is -0.00627. The monoisotopic (exact) mass is 588 g/mol. The Balaban J connectivity index is 1.17. The van der Waals surface area contributed by atoms with Gasteiger partial charge in [0.25, 0.3) is 0 Å². The van der Waals surface area contributed by atoms with Crippen molar-refractivity contribution >= 4 is 0 Å². The quantitative estimate of drug-likeness (QED) is 0.312. The van der Waals surface area contributed by atoms with Crippen molar-refractivity contribution in [3.8, 4) is 39.5 Å². The Labute approximate surface area is 263 Å². The van der Waals surface area contributed by atoms with Gasteiger partial charge in [0.1, 0.15) is 17.2 Å².